The van der Waals surface area contributed by atoms with Gasteiger partial charge in [0.1, 0.15) is 6.61 Å². The summed E-state index contributed by atoms with van der Waals surface area (Å²) < 4.78 is 19.2. The fraction of sp³-hybridized carbons (Fsp3) is 0.267. The Morgan fingerprint density at radius 1 is 1.32 bits per heavy atom. The van der Waals surface area contributed by atoms with Crippen LogP contribution in [0.25, 0.3) is 0 Å². The Morgan fingerprint density at radius 2 is 2.00 bits per heavy atom. The standard InChI is InChI=1S/C15H17FN4OS/c1-10-4-6-11(7-5-10)9-21-14-17-8-12(16)13(18-14)19-15(22)20(2)3/h4-8H,9H2,1-3H3,(H,17,18,19,22). The molecule has 22 heavy (non-hydrogen) atoms. The van der Waals surface area contributed by atoms with Crippen LogP contribution in [0.15, 0.2) is 30.5 Å². The van der Waals surface area contributed by atoms with Crippen LogP contribution in [-0.4, -0.2) is 34.1 Å². The van der Waals surface area contributed by atoms with Crippen LogP contribution in [0.5, 0.6) is 6.01 Å². The first-order valence-corrected chi connectivity index (χ1v) is 7.05. The number of nitrogens with zero attached hydrogens (tertiary/aromatic N) is 3. The predicted octanol–water partition coefficient (Wildman–Crippen LogP) is 2.76. The SMILES string of the molecule is Cc1ccc(COc2ncc(F)c(NC(=S)N(C)C)n2)cc1. The minimum Gasteiger partial charge on any atom is -0.459 e. The third-order valence-corrected chi connectivity index (χ3v) is 3.31. The molecule has 7 heteroatoms. The van der Waals surface area contributed by atoms with E-state index >= 15 is 0 Å². The molecule has 0 aliphatic rings. The van der Waals surface area contributed by atoms with Crippen molar-refractivity contribution in [2.24, 2.45) is 0 Å². The van der Waals surface area contributed by atoms with Crippen molar-refractivity contribution in [2.75, 3.05) is 19.4 Å². The van der Waals surface area contributed by atoms with Crippen LogP contribution in [0.2, 0.25) is 0 Å². The van der Waals surface area contributed by atoms with Crippen molar-refractivity contribution >= 4 is 23.1 Å². The first-order valence-electron chi connectivity index (χ1n) is 6.65. The summed E-state index contributed by atoms with van der Waals surface area (Å²) in [5.74, 6) is -0.598. The lowest BCUT2D eigenvalue weighted by molar-refractivity contribution is 0.280. The zero-order chi connectivity index (χ0) is 16.1. The van der Waals surface area contributed by atoms with E-state index in [0.29, 0.717) is 11.7 Å². The van der Waals surface area contributed by atoms with Gasteiger partial charge in [-0.15, -0.1) is 0 Å². The van der Waals surface area contributed by atoms with Crippen LogP contribution in [0.4, 0.5) is 10.2 Å². The topological polar surface area (TPSA) is 50.3 Å². The Kier molecular flexibility index (Phi) is 5.21. The second-order valence-electron chi connectivity index (χ2n) is 4.95. The molecule has 0 radical (unpaired) electrons. The van der Waals surface area contributed by atoms with E-state index in [1.807, 2.05) is 31.2 Å². The number of halogens is 1. The van der Waals surface area contributed by atoms with E-state index in [2.05, 4.69) is 15.3 Å². The van der Waals surface area contributed by atoms with E-state index in [1.54, 1.807) is 19.0 Å². The van der Waals surface area contributed by atoms with Crippen LogP contribution >= 0.6 is 12.2 Å². The molecule has 0 unspecified atom stereocenters. The van der Waals surface area contributed by atoms with Crippen LogP contribution in [0.3, 0.4) is 0 Å². The van der Waals surface area contributed by atoms with Crippen LogP contribution in [0.1, 0.15) is 11.1 Å². The number of hydrogen-bond donors (Lipinski definition) is 1. The molecule has 0 spiro atoms. The van der Waals surface area contributed by atoms with E-state index in [4.69, 9.17) is 17.0 Å². The number of nitrogens with one attached hydrogen (secondary N) is 1. The molecule has 0 amide bonds. The Bertz CT molecular complexity index is 661. The van der Waals surface area contributed by atoms with Crippen molar-refractivity contribution in [2.45, 2.75) is 13.5 Å². The van der Waals surface area contributed by atoms with Crippen LogP contribution in [-0.2, 0) is 6.61 Å². The zero-order valence-electron chi connectivity index (χ0n) is 12.6. The molecule has 2 rings (SSSR count). The van der Waals surface area contributed by atoms with Crippen molar-refractivity contribution in [3.8, 4) is 6.01 Å². The number of benzene rings is 1. The van der Waals surface area contributed by atoms with Gasteiger partial charge in [-0.05, 0) is 24.7 Å². The molecule has 2 aromatic rings. The number of aryl methyl sites for hydroxylation is 1. The van der Waals surface area contributed by atoms with Gasteiger partial charge in [0, 0.05) is 14.1 Å². The van der Waals surface area contributed by atoms with Gasteiger partial charge >= 0.3 is 6.01 Å². The quantitative estimate of drug-likeness (QED) is 0.874. The molecule has 0 atom stereocenters. The number of anilines is 1. The lowest BCUT2D eigenvalue weighted by Crippen LogP contribution is -2.28. The summed E-state index contributed by atoms with van der Waals surface area (Å²) in [6, 6.07) is 7.99. The third-order valence-electron chi connectivity index (χ3n) is 2.84. The first kappa shape index (κ1) is 16.1. The summed E-state index contributed by atoms with van der Waals surface area (Å²) in [5.41, 5.74) is 2.15. The summed E-state index contributed by atoms with van der Waals surface area (Å²) in [7, 11) is 3.51. The van der Waals surface area contributed by atoms with Gasteiger partial charge in [0.15, 0.2) is 16.7 Å². The van der Waals surface area contributed by atoms with Crippen molar-refractivity contribution in [3.63, 3.8) is 0 Å². The van der Waals surface area contributed by atoms with Gasteiger partial charge in [0.05, 0.1) is 6.20 Å². The lowest BCUT2D eigenvalue weighted by Gasteiger charge is -2.15. The molecule has 1 aromatic carbocycles. The molecule has 0 aliphatic carbocycles. The van der Waals surface area contributed by atoms with Crippen LogP contribution in [0, 0.1) is 12.7 Å². The second-order valence-corrected chi connectivity index (χ2v) is 5.33. The lowest BCUT2D eigenvalue weighted by atomic mass is 10.2. The van der Waals surface area contributed by atoms with Crippen molar-refractivity contribution in [1.82, 2.24) is 14.9 Å². The highest BCUT2D eigenvalue weighted by atomic mass is 32.1. The summed E-state index contributed by atoms with van der Waals surface area (Å²) in [5, 5.41) is 3.06. The van der Waals surface area contributed by atoms with E-state index in [1.165, 1.54) is 5.56 Å². The Hall–Kier alpha value is -2.28. The summed E-state index contributed by atoms with van der Waals surface area (Å²) >= 11 is 5.06. The summed E-state index contributed by atoms with van der Waals surface area (Å²) in [6.45, 7) is 2.32. The van der Waals surface area contributed by atoms with E-state index < -0.39 is 5.82 Å². The monoisotopic (exact) mass is 320 g/mol. The maximum atomic E-state index is 13.7. The second kappa shape index (κ2) is 7.13. The normalized spacial score (nSPS) is 10.2. The molecule has 0 saturated carbocycles. The van der Waals surface area contributed by atoms with Gasteiger partial charge in [-0.2, -0.15) is 4.98 Å². The Labute approximate surface area is 134 Å². The fourth-order valence-corrected chi connectivity index (χ4v) is 1.65. The van der Waals surface area contributed by atoms with Gasteiger partial charge in [0.2, 0.25) is 0 Å². The Balaban J connectivity index is 2.05. The average molecular weight is 320 g/mol. The smallest absolute Gasteiger partial charge is 0.318 e. The van der Waals surface area contributed by atoms with Crippen molar-refractivity contribution in [1.29, 1.82) is 0 Å². The highest BCUT2D eigenvalue weighted by Crippen LogP contribution is 2.15. The van der Waals surface area contributed by atoms with Gasteiger partial charge < -0.3 is 15.0 Å². The number of ether oxygens (including phenoxy) is 1. The molecule has 0 fully saturated rings. The molecule has 0 saturated heterocycles. The molecule has 0 aliphatic heterocycles. The highest BCUT2D eigenvalue weighted by Gasteiger charge is 2.10. The average Bonchev–Trinajstić information content (AvgIpc) is 2.49. The van der Waals surface area contributed by atoms with E-state index in [-0.39, 0.29) is 11.8 Å². The van der Waals surface area contributed by atoms with Crippen molar-refractivity contribution in [3.05, 3.63) is 47.4 Å². The largest absolute Gasteiger partial charge is 0.459 e. The number of rotatable bonds is 4. The molecular formula is C15H17FN4OS. The molecule has 5 nitrogen and oxygen atoms in total. The van der Waals surface area contributed by atoms with Gasteiger partial charge in [0.25, 0.3) is 0 Å². The molecule has 1 heterocycles. The maximum Gasteiger partial charge on any atom is 0.318 e. The molecule has 0 bridgehead atoms. The summed E-state index contributed by atoms with van der Waals surface area (Å²) in [6.07, 6.45) is 1.05. The minimum atomic E-state index is -0.591. The highest BCUT2D eigenvalue weighted by molar-refractivity contribution is 7.80. The zero-order valence-corrected chi connectivity index (χ0v) is 13.4. The van der Waals surface area contributed by atoms with E-state index in [9.17, 15) is 4.39 Å². The number of aromatic nitrogens is 2. The molecule has 1 N–H and O–H groups in total. The van der Waals surface area contributed by atoms with Crippen LogP contribution < -0.4 is 10.1 Å². The molecule has 116 valence electrons. The molecular weight excluding hydrogens is 303 g/mol. The van der Waals surface area contributed by atoms with E-state index in [0.717, 1.165) is 11.8 Å². The number of thiocarbonyl (C=S) groups is 1. The summed E-state index contributed by atoms with van der Waals surface area (Å²) in [4.78, 5) is 9.45. The maximum absolute atomic E-state index is 13.7. The Morgan fingerprint density at radius 3 is 2.64 bits per heavy atom. The molecule has 1 aromatic heterocycles. The fourth-order valence-electron chi connectivity index (χ4n) is 1.55. The predicted molar refractivity (Wildman–Crippen MR) is 87.4 cm³/mol. The van der Waals surface area contributed by atoms with Gasteiger partial charge in [-0.1, -0.05) is 29.8 Å². The minimum absolute atomic E-state index is 0.00685. The van der Waals surface area contributed by atoms with Gasteiger partial charge in [-0.25, -0.2) is 9.37 Å². The first-order chi connectivity index (χ1) is 10.5. The third kappa shape index (κ3) is 4.36. The van der Waals surface area contributed by atoms with Gasteiger partial charge in [-0.3, -0.25) is 0 Å². The van der Waals surface area contributed by atoms with Crippen molar-refractivity contribution < 1.29 is 9.13 Å². The number of hydrogen-bond acceptors (Lipinski definition) is 4.